The van der Waals surface area contributed by atoms with Gasteiger partial charge in [-0.1, -0.05) is 0 Å². The van der Waals surface area contributed by atoms with E-state index >= 15 is 0 Å². The van der Waals surface area contributed by atoms with E-state index in [-0.39, 0.29) is 5.91 Å². The zero-order valence-corrected chi connectivity index (χ0v) is 10.2. The number of pyridine rings is 1. The van der Waals surface area contributed by atoms with Crippen molar-refractivity contribution in [1.82, 2.24) is 9.88 Å². The standard InChI is InChI=1S/C11H13BrN2O/c1-8(15)14-3-2-9(7-14)10-4-11(12)6-13-5-10/h4-6,9H,2-3,7H2,1H3. The smallest absolute Gasteiger partial charge is 0.219 e. The molecule has 1 amide bonds. The van der Waals surface area contributed by atoms with Gasteiger partial charge in [-0.25, -0.2) is 0 Å². The average Bonchev–Trinajstić information content (AvgIpc) is 2.66. The van der Waals surface area contributed by atoms with Gasteiger partial charge in [0.1, 0.15) is 0 Å². The third-order valence-electron chi connectivity index (χ3n) is 2.83. The van der Waals surface area contributed by atoms with Gasteiger partial charge in [-0.3, -0.25) is 9.78 Å². The summed E-state index contributed by atoms with van der Waals surface area (Å²) in [6.07, 6.45) is 4.71. The molecule has 1 aliphatic rings. The van der Waals surface area contributed by atoms with Gasteiger partial charge >= 0.3 is 0 Å². The summed E-state index contributed by atoms with van der Waals surface area (Å²) in [6.45, 7) is 3.32. The van der Waals surface area contributed by atoms with E-state index in [1.807, 2.05) is 11.1 Å². The van der Waals surface area contributed by atoms with Gasteiger partial charge in [0.2, 0.25) is 5.91 Å². The van der Waals surface area contributed by atoms with Crippen LogP contribution in [0.25, 0.3) is 0 Å². The minimum Gasteiger partial charge on any atom is -0.342 e. The van der Waals surface area contributed by atoms with Crippen LogP contribution in [0.1, 0.15) is 24.8 Å². The molecule has 2 rings (SSSR count). The van der Waals surface area contributed by atoms with Gasteiger partial charge in [0.25, 0.3) is 0 Å². The number of rotatable bonds is 1. The van der Waals surface area contributed by atoms with Crippen LogP contribution in [-0.2, 0) is 4.79 Å². The summed E-state index contributed by atoms with van der Waals surface area (Å²) in [5.41, 5.74) is 1.22. The summed E-state index contributed by atoms with van der Waals surface area (Å²) in [5.74, 6) is 0.611. The predicted molar refractivity (Wildman–Crippen MR) is 61.5 cm³/mol. The molecule has 80 valence electrons. The fourth-order valence-electron chi connectivity index (χ4n) is 1.97. The molecule has 0 radical (unpaired) electrons. The first kappa shape index (κ1) is 10.6. The first-order valence-corrected chi connectivity index (χ1v) is 5.82. The lowest BCUT2D eigenvalue weighted by Gasteiger charge is -2.13. The molecule has 1 atom stereocenters. The van der Waals surface area contributed by atoms with Crippen LogP contribution < -0.4 is 0 Å². The van der Waals surface area contributed by atoms with E-state index in [4.69, 9.17) is 0 Å². The Bertz CT molecular complexity index is 381. The Morgan fingerprint density at radius 2 is 2.40 bits per heavy atom. The van der Waals surface area contributed by atoms with Crippen molar-refractivity contribution in [2.75, 3.05) is 13.1 Å². The van der Waals surface area contributed by atoms with Crippen LogP contribution in [0.4, 0.5) is 0 Å². The summed E-state index contributed by atoms with van der Waals surface area (Å²) in [4.78, 5) is 17.2. The molecule has 1 aliphatic heterocycles. The van der Waals surface area contributed by atoms with E-state index in [2.05, 4.69) is 27.0 Å². The molecule has 0 bridgehead atoms. The van der Waals surface area contributed by atoms with Gasteiger partial charge in [0.15, 0.2) is 0 Å². The van der Waals surface area contributed by atoms with Crippen LogP contribution in [0.2, 0.25) is 0 Å². The highest BCUT2D eigenvalue weighted by molar-refractivity contribution is 9.10. The number of nitrogens with zero attached hydrogens (tertiary/aromatic N) is 2. The number of halogens is 1. The highest BCUT2D eigenvalue weighted by atomic mass is 79.9. The van der Waals surface area contributed by atoms with E-state index in [0.717, 1.165) is 24.0 Å². The number of carbonyl (C=O) groups is 1. The number of likely N-dealkylation sites (tertiary alicyclic amines) is 1. The van der Waals surface area contributed by atoms with Crippen molar-refractivity contribution in [1.29, 1.82) is 0 Å². The van der Waals surface area contributed by atoms with Crippen molar-refractivity contribution in [3.8, 4) is 0 Å². The number of amides is 1. The maximum Gasteiger partial charge on any atom is 0.219 e. The van der Waals surface area contributed by atoms with E-state index in [1.54, 1.807) is 13.1 Å². The second-order valence-corrected chi connectivity index (χ2v) is 4.80. The Morgan fingerprint density at radius 3 is 3.00 bits per heavy atom. The van der Waals surface area contributed by atoms with Crippen molar-refractivity contribution in [2.24, 2.45) is 0 Å². The Hall–Kier alpha value is -0.900. The van der Waals surface area contributed by atoms with Crippen LogP contribution in [0.3, 0.4) is 0 Å². The van der Waals surface area contributed by atoms with Gasteiger partial charge in [-0.15, -0.1) is 0 Å². The topological polar surface area (TPSA) is 33.2 Å². The van der Waals surface area contributed by atoms with Gasteiger partial charge in [-0.2, -0.15) is 0 Å². The average molecular weight is 269 g/mol. The van der Waals surface area contributed by atoms with Gasteiger partial charge < -0.3 is 4.90 Å². The van der Waals surface area contributed by atoms with Crippen LogP contribution in [-0.4, -0.2) is 28.9 Å². The Morgan fingerprint density at radius 1 is 1.60 bits per heavy atom. The largest absolute Gasteiger partial charge is 0.342 e. The molecule has 2 heterocycles. The fraction of sp³-hybridized carbons (Fsp3) is 0.455. The number of carbonyl (C=O) groups excluding carboxylic acids is 1. The third-order valence-corrected chi connectivity index (χ3v) is 3.26. The van der Waals surface area contributed by atoms with Crippen molar-refractivity contribution in [3.63, 3.8) is 0 Å². The van der Waals surface area contributed by atoms with Gasteiger partial charge in [-0.05, 0) is 34.0 Å². The molecular formula is C11H13BrN2O. The van der Waals surface area contributed by atoms with Crippen LogP contribution in [0.15, 0.2) is 22.9 Å². The zero-order chi connectivity index (χ0) is 10.8. The quantitative estimate of drug-likeness (QED) is 0.783. The molecule has 0 spiro atoms. The monoisotopic (exact) mass is 268 g/mol. The minimum absolute atomic E-state index is 0.167. The van der Waals surface area contributed by atoms with E-state index in [1.165, 1.54) is 5.56 Å². The van der Waals surface area contributed by atoms with Crippen molar-refractivity contribution in [2.45, 2.75) is 19.3 Å². The zero-order valence-electron chi connectivity index (χ0n) is 8.61. The molecule has 1 aromatic rings. The molecule has 1 unspecified atom stereocenters. The number of hydrogen-bond acceptors (Lipinski definition) is 2. The fourth-order valence-corrected chi connectivity index (χ4v) is 2.35. The Kier molecular flexibility index (Phi) is 3.05. The lowest BCUT2D eigenvalue weighted by Crippen LogP contribution is -2.25. The SMILES string of the molecule is CC(=O)N1CCC(c2cncc(Br)c2)C1. The molecular weight excluding hydrogens is 256 g/mol. The van der Waals surface area contributed by atoms with Gasteiger partial charge in [0.05, 0.1) is 0 Å². The molecule has 0 saturated carbocycles. The van der Waals surface area contributed by atoms with E-state index in [9.17, 15) is 4.79 Å². The summed E-state index contributed by atoms with van der Waals surface area (Å²) >= 11 is 3.41. The molecule has 1 saturated heterocycles. The lowest BCUT2D eigenvalue weighted by molar-refractivity contribution is -0.127. The molecule has 4 heteroatoms. The first-order valence-electron chi connectivity index (χ1n) is 5.03. The van der Waals surface area contributed by atoms with Crippen LogP contribution in [0, 0.1) is 0 Å². The molecule has 15 heavy (non-hydrogen) atoms. The summed E-state index contributed by atoms with van der Waals surface area (Å²) in [6, 6.07) is 2.08. The summed E-state index contributed by atoms with van der Waals surface area (Å²) < 4.78 is 1.00. The van der Waals surface area contributed by atoms with Crippen molar-refractivity contribution in [3.05, 3.63) is 28.5 Å². The second-order valence-electron chi connectivity index (χ2n) is 3.89. The maximum atomic E-state index is 11.2. The van der Waals surface area contributed by atoms with Crippen LogP contribution >= 0.6 is 15.9 Å². The molecule has 1 aromatic heterocycles. The second kappa shape index (κ2) is 4.31. The lowest BCUT2D eigenvalue weighted by atomic mass is 10.0. The molecule has 3 nitrogen and oxygen atoms in total. The maximum absolute atomic E-state index is 11.2. The molecule has 0 aromatic carbocycles. The number of hydrogen-bond donors (Lipinski definition) is 0. The minimum atomic E-state index is 0.167. The summed E-state index contributed by atoms with van der Waals surface area (Å²) in [5, 5.41) is 0. The van der Waals surface area contributed by atoms with E-state index in [0.29, 0.717) is 5.92 Å². The Labute approximate surface area is 97.6 Å². The van der Waals surface area contributed by atoms with Crippen molar-refractivity contribution >= 4 is 21.8 Å². The number of aromatic nitrogens is 1. The van der Waals surface area contributed by atoms with Crippen molar-refractivity contribution < 1.29 is 4.79 Å². The van der Waals surface area contributed by atoms with Crippen LogP contribution in [0.5, 0.6) is 0 Å². The molecule has 0 N–H and O–H groups in total. The van der Waals surface area contributed by atoms with Gasteiger partial charge in [0, 0.05) is 42.8 Å². The third kappa shape index (κ3) is 2.37. The van der Waals surface area contributed by atoms with E-state index < -0.39 is 0 Å². The highest BCUT2D eigenvalue weighted by Gasteiger charge is 2.25. The molecule has 1 fully saturated rings. The summed E-state index contributed by atoms with van der Waals surface area (Å²) in [7, 11) is 0. The normalized spacial score (nSPS) is 20.7. The Balaban J connectivity index is 2.11. The predicted octanol–water partition coefficient (Wildman–Crippen LogP) is 2.18. The molecule has 0 aliphatic carbocycles. The first-order chi connectivity index (χ1) is 7.16. The highest BCUT2D eigenvalue weighted by Crippen LogP contribution is 2.27.